The summed E-state index contributed by atoms with van der Waals surface area (Å²) in [7, 11) is 0. The van der Waals surface area contributed by atoms with Crippen LogP contribution in [0.3, 0.4) is 0 Å². The van der Waals surface area contributed by atoms with Gasteiger partial charge in [-0.05, 0) is 55.3 Å². The van der Waals surface area contributed by atoms with Gasteiger partial charge in [0.05, 0.1) is 0 Å². The smallest absolute Gasteiger partial charge is 0.0406 e. The number of rotatable bonds is 6. The van der Waals surface area contributed by atoms with Crippen LogP contribution >= 0.6 is 11.6 Å². The summed E-state index contributed by atoms with van der Waals surface area (Å²) < 4.78 is 0. The van der Waals surface area contributed by atoms with Crippen molar-refractivity contribution in [1.82, 2.24) is 5.32 Å². The second kappa shape index (κ2) is 5.63. The van der Waals surface area contributed by atoms with Crippen LogP contribution in [0, 0.1) is 11.8 Å². The Morgan fingerprint density at radius 3 is 2.39 bits per heavy atom. The fourth-order valence-electron chi connectivity index (χ4n) is 2.88. The Labute approximate surface area is 115 Å². The normalized spacial score (nSPS) is 21.6. The molecule has 2 fully saturated rings. The lowest BCUT2D eigenvalue weighted by Gasteiger charge is -2.27. The van der Waals surface area contributed by atoms with Gasteiger partial charge in [-0.15, -0.1) is 0 Å². The Morgan fingerprint density at radius 1 is 1.11 bits per heavy atom. The van der Waals surface area contributed by atoms with E-state index in [-0.39, 0.29) is 0 Å². The average Bonchev–Trinajstić information content (AvgIpc) is 3.13. The lowest BCUT2D eigenvalue weighted by molar-refractivity contribution is 0.285. The number of nitrogens with one attached hydrogen (secondary N) is 1. The van der Waals surface area contributed by atoms with Crippen molar-refractivity contribution in [3.63, 3.8) is 0 Å². The minimum absolute atomic E-state index is 0.558. The predicted molar refractivity (Wildman–Crippen MR) is 76.9 cm³/mol. The first-order valence-electron chi connectivity index (χ1n) is 7.32. The molecule has 1 atom stereocenters. The summed E-state index contributed by atoms with van der Waals surface area (Å²) >= 11 is 5.96. The van der Waals surface area contributed by atoms with Crippen LogP contribution in [0.4, 0.5) is 0 Å². The standard InChI is InChI=1S/C16H22ClN/c17-15-8-6-14(7-9-15)16(13-4-5-13)18-11-10-12-2-1-3-12/h6-9,12-13,16,18H,1-5,10-11H2. The summed E-state index contributed by atoms with van der Waals surface area (Å²) in [6.07, 6.45) is 8.48. The van der Waals surface area contributed by atoms with E-state index in [0.717, 1.165) is 16.9 Å². The van der Waals surface area contributed by atoms with E-state index in [4.69, 9.17) is 11.6 Å². The summed E-state index contributed by atoms with van der Waals surface area (Å²) in [4.78, 5) is 0. The Balaban J connectivity index is 1.55. The van der Waals surface area contributed by atoms with Crippen LogP contribution in [-0.2, 0) is 0 Å². The van der Waals surface area contributed by atoms with Gasteiger partial charge in [0, 0.05) is 11.1 Å². The van der Waals surface area contributed by atoms with Crippen molar-refractivity contribution in [3.05, 3.63) is 34.9 Å². The maximum atomic E-state index is 5.96. The van der Waals surface area contributed by atoms with E-state index in [1.165, 1.54) is 50.6 Å². The summed E-state index contributed by atoms with van der Waals surface area (Å²) in [5.41, 5.74) is 1.41. The molecule has 0 bridgehead atoms. The molecule has 2 saturated carbocycles. The summed E-state index contributed by atoms with van der Waals surface area (Å²) in [5.74, 6) is 1.86. The van der Waals surface area contributed by atoms with Gasteiger partial charge in [0.15, 0.2) is 0 Å². The van der Waals surface area contributed by atoms with E-state index in [1.807, 2.05) is 12.1 Å². The average molecular weight is 264 g/mol. The highest BCUT2D eigenvalue weighted by molar-refractivity contribution is 6.30. The lowest BCUT2D eigenvalue weighted by atomic mass is 9.83. The molecule has 0 spiro atoms. The quantitative estimate of drug-likeness (QED) is 0.793. The van der Waals surface area contributed by atoms with Crippen molar-refractivity contribution in [3.8, 4) is 0 Å². The Bertz CT molecular complexity index is 379. The summed E-state index contributed by atoms with van der Waals surface area (Å²) in [5, 5.41) is 4.61. The first-order chi connectivity index (χ1) is 8.83. The SMILES string of the molecule is Clc1ccc(C(NCCC2CCC2)C2CC2)cc1. The first-order valence-corrected chi connectivity index (χ1v) is 7.69. The van der Waals surface area contributed by atoms with Gasteiger partial charge in [-0.25, -0.2) is 0 Å². The highest BCUT2D eigenvalue weighted by atomic mass is 35.5. The zero-order chi connectivity index (χ0) is 12.4. The molecular weight excluding hydrogens is 242 g/mol. The van der Waals surface area contributed by atoms with E-state index >= 15 is 0 Å². The summed E-state index contributed by atoms with van der Waals surface area (Å²) in [6.45, 7) is 1.18. The third kappa shape index (κ3) is 3.07. The number of hydrogen-bond donors (Lipinski definition) is 1. The van der Waals surface area contributed by atoms with Crippen molar-refractivity contribution >= 4 is 11.6 Å². The van der Waals surface area contributed by atoms with Crippen molar-refractivity contribution < 1.29 is 0 Å². The van der Waals surface area contributed by atoms with Crippen LogP contribution in [0.1, 0.15) is 50.1 Å². The Kier molecular flexibility index (Phi) is 3.91. The molecule has 1 nitrogen and oxygen atoms in total. The molecule has 2 aliphatic carbocycles. The molecule has 1 aromatic carbocycles. The molecule has 0 amide bonds. The van der Waals surface area contributed by atoms with Crippen molar-refractivity contribution in [2.75, 3.05) is 6.54 Å². The number of benzene rings is 1. The molecule has 0 heterocycles. The van der Waals surface area contributed by atoms with Gasteiger partial charge in [-0.1, -0.05) is 43.0 Å². The second-order valence-corrected chi connectivity index (χ2v) is 6.34. The highest BCUT2D eigenvalue weighted by Gasteiger charge is 2.32. The van der Waals surface area contributed by atoms with E-state index in [1.54, 1.807) is 0 Å². The molecule has 98 valence electrons. The van der Waals surface area contributed by atoms with Gasteiger partial charge < -0.3 is 5.32 Å². The maximum absolute atomic E-state index is 5.96. The lowest BCUT2D eigenvalue weighted by Crippen LogP contribution is -2.27. The zero-order valence-corrected chi connectivity index (χ0v) is 11.6. The third-order valence-corrected chi connectivity index (χ3v) is 4.72. The third-order valence-electron chi connectivity index (χ3n) is 4.46. The van der Waals surface area contributed by atoms with Crippen molar-refractivity contribution in [2.24, 2.45) is 11.8 Å². The number of hydrogen-bond acceptors (Lipinski definition) is 1. The monoisotopic (exact) mass is 263 g/mol. The topological polar surface area (TPSA) is 12.0 Å². The molecule has 0 aliphatic heterocycles. The van der Waals surface area contributed by atoms with E-state index in [9.17, 15) is 0 Å². The van der Waals surface area contributed by atoms with E-state index in [2.05, 4.69) is 17.4 Å². The molecule has 0 aromatic heterocycles. The molecular formula is C16H22ClN. The summed E-state index contributed by atoms with van der Waals surface area (Å²) in [6, 6.07) is 8.95. The van der Waals surface area contributed by atoms with Crippen molar-refractivity contribution in [2.45, 2.75) is 44.6 Å². The highest BCUT2D eigenvalue weighted by Crippen LogP contribution is 2.41. The van der Waals surface area contributed by atoms with Crippen LogP contribution < -0.4 is 5.32 Å². The van der Waals surface area contributed by atoms with Crippen LogP contribution in [-0.4, -0.2) is 6.54 Å². The molecule has 1 N–H and O–H groups in total. The molecule has 1 aromatic rings. The Hall–Kier alpha value is -0.530. The molecule has 0 saturated heterocycles. The molecule has 1 unspecified atom stereocenters. The van der Waals surface area contributed by atoms with E-state index < -0.39 is 0 Å². The van der Waals surface area contributed by atoms with Crippen LogP contribution in [0.15, 0.2) is 24.3 Å². The molecule has 2 aliphatic rings. The zero-order valence-electron chi connectivity index (χ0n) is 10.9. The van der Waals surface area contributed by atoms with Gasteiger partial charge in [0.1, 0.15) is 0 Å². The minimum atomic E-state index is 0.558. The molecule has 3 rings (SSSR count). The van der Waals surface area contributed by atoms with Gasteiger partial charge in [0.2, 0.25) is 0 Å². The largest absolute Gasteiger partial charge is 0.310 e. The van der Waals surface area contributed by atoms with Gasteiger partial charge in [-0.2, -0.15) is 0 Å². The Morgan fingerprint density at radius 2 is 1.83 bits per heavy atom. The molecule has 18 heavy (non-hydrogen) atoms. The van der Waals surface area contributed by atoms with Crippen LogP contribution in [0.5, 0.6) is 0 Å². The van der Waals surface area contributed by atoms with Gasteiger partial charge in [0.25, 0.3) is 0 Å². The van der Waals surface area contributed by atoms with Gasteiger partial charge in [-0.3, -0.25) is 0 Å². The van der Waals surface area contributed by atoms with Gasteiger partial charge >= 0.3 is 0 Å². The van der Waals surface area contributed by atoms with Crippen molar-refractivity contribution in [1.29, 1.82) is 0 Å². The predicted octanol–water partition coefficient (Wildman–Crippen LogP) is 4.57. The fourth-order valence-corrected chi connectivity index (χ4v) is 3.01. The first kappa shape index (κ1) is 12.5. The minimum Gasteiger partial charge on any atom is -0.310 e. The maximum Gasteiger partial charge on any atom is 0.0406 e. The fraction of sp³-hybridized carbons (Fsp3) is 0.625. The molecule has 0 radical (unpaired) electrons. The van der Waals surface area contributed by atoms with Crippen LogP contribution in [0.25, 0.3) is 0 Å². The second-order valence-electron chi connectivity index (χ2n) is 5.91. The number of halogens is 1. The molecule has 2 heteroatoms. The van der Waals surface area contributed by atoms with E-state index in [0.29, 0.717) is 6.04 Å². The van der Waals surface area contributed by atoms with Crippen LogP contribution in [0.2, 0.25) is 5.02 Å².